The molecular formula is C18H25N5. The molecule has 0 bridgehead atoms. The Balaban J connectivity index is 1.72. The second-order valence-corrected chi connectivity index (χ2v) is 6.52. The molecular weight excluding hydrogens is 286 g/mol. The third kappa shape index (κ3) is 3.92. The predicted molar refractivity (Wildman–Crippen MR) is 96.7 cm³/mol. The number of nitrogens with zero attached hydrogens (tertiary/aromatic N) is 4. The van der Waals surface area contributed by atoms with Crippen molar-refractivity contribution in [3.8, 4) is 0 Å². The van der Waals surface area contributed by atoms with Crippen LogP contribution in [0.15, 0.2) is 36.7 Å². The molecule has 1 aromatic heterocycles. The number of nitrogens with one attached hydrogen (secondary N) is 1. The first-order valence-corrected chi connectivity index (χ1v) is 8.23. The molecule has 5 heteroatoms. The zero-order valence-electron chi connectivity index (χ0n) is 14.2. The van der Waals surface area contributed by atoms with Crippen molar-refractivity contribution in [1.82, 2.24) is 9.97 Å². The minimum atomic E-state index is 0.730. The molecule has 3 rings (SSSR count). The van der Waals surface area contributed by atoms with E-state index in [0.29, 0.717) is 0 Å². The smallest absolute Gasteiger partial charge is 0.135 e. The second-order valence-electron chi connectivity index (χ2n) is 6.52. The number of hydrogen-bond donors (Lipinski definition) is 1. The average molecular weight is 311 g/mol. The van der Waals surface area contributed by atoms with Gasteiger partial charge in [-0.15, -0.1) is 0 Å². The van der Waals surface area contributed by atoms with Crippen molar-refractivity contribution in [3.63, 3.8) is 0 Å². The Morgan fingerprint density at radius 2 is 1.96 bits per heavy atom. The van der Waals surface area contributed by atoms with Gasteiger partial charge in [0, 0.05) is 44.6 Å². The lowest BCUT2D eigenvalue weighted by atomic mass is 10.0. The Kier molecular flexibility index (Phi) is 4.65. The SMILES string of the molecule is CC1CCCN(c2cc(Nc3ccc(N(C)C)cc3)ncn2)C1. The van der Waals surface area contributed by atoms with Gasteiger partial charge in [0.1, 0.15) is 18.0 Å². The molecule has 0 saturated carbocycles. The lowest BCUT2D eigenvalue weighted by molar-refractivity contribution is 0.444. The van der Waals surface area contributed by atoms with Crippen LogP contribution in [0, 0.1) is 5.92 Å². The minimum absolute atomic E-state index is 0.730. The molecule has 0 amide bonds. The van der Waals surface area contributed by atoms with E-state index < -0.39 is 0 Å². The molecule has 23 heavy (non-hydrogen) atoms. The lowest BCUT2D eigenvalue weighted by Crippen LogP contribution is -2.34. The van der Waals surface area contributed by atoms with E-state index in [0.717, 1.165) is 36.3 Å². The first-order valence-electron chi connectivity index (χ1n) is 8.23. The second kappa shape index (κ2) is 6.86. The van der Waals surface area contributed by atoms with Gasteiger partial charge >= 0.3 is 0 Å². The molecule has 5 nitrogen and oxygen atoms in total. The van der Waals surface area contributed by atoms with Crippen molar-refractivity contribution >= 4 is 23.0 Å². The molecule has 2 heterocycles. The van der Waals surface area contributed by atoms with E-state index in [1.807, 2.05) is 20.2 Å². The van der Waals surface area contributed by atoms with Crippen molar-refractivity contribution in [2.24, 2.45) is 5.92 Å². The van der Waals surface area contributed by atoms with Crippen LogP contribution in [0.3, 0.4) is 0 Å². The Labute approximate surface area is 138 Å². The van der Waals surface area contributed by atoms with Gasteiger partial charge in [0.2, 0.25) is 0 Å². The summed E-state index contributed by atoms with van der Waals surface area (Å²) >= 11 is 0. The molecule has 1 aliphatic heterocycles. The highest BCUT2D eigenvalue weighted by Crippen LogP contribution is 2.24. The van der Waals surface area contributed by atoms with Crippen molar-refractivity contribution < 1.29 is 0 Å². The molecule has 1 aromatic carbocycles. The zero-order valence-corrected chi connectivity index (χ0v) is 14.2. The topological polar surface area (TPSA) is 44.3 Å². The summed E-state index contributed by atoms with van der Waals surface area (Å²) in [6.45, 7) is 4.46. The summed E-state index contributed by atoms with van der Waals surface area (Å²) in [5, 5.41) is 3.36. The van der Waals surface area contributed by atoms with Crippen LogP contribution in [0.5, 0.6) is 0 Å². The Bertz CT molecular complexity index is 638. The van der Waals surface area contributed by atoms with Crippen LogP contribution in [0.4, 0.5) is 23.0 Å². The molecule has 0 spiro atoms. The average Bonchev–Trinajstić information content (AvgIpc) is 2.56. The van der Waals surface area contributed by atoms with Gasteiger partial charge in [-0.25, -0.2) is 9.97 Å². The Hall–Kier alpha value is -2.30. The number of aromatic nitrogens is 2. The van der Waals surface area contributed by atoms with Crippen LogP contribution >= 0.6 is 0 Å². The summed E-state index contributed by atoms with van der Waals surface area (Å²) in [6, 6.07) is 10.4. The van der Waals surface area contributed by atoms with Gasteiger partial charge in [-0.1, -0.05) is 6.92 Å². The monoisotopic (exact) mass is 311 g/mol. The molecule has 1 saturated heterocycles. The lowest BCUT2D eigenvalue weighted by Gasteiger charge is -2.31. The summed E-state index contributed by atoms with van der Waals surface area (Å²) in [5.74, 6) is 2.58. The highest BCUT2D eigenvalue weighted by Gasteiger charge is 2.17. The molecule has 0 aliphatic carbocycles. The van der Waals surface area contributed by atoms with E-state index in [4.69, 9.17) is 0 Å². The van der Waals surface area contributed by atoms with Crippen LogP contribution in [-0.2, 0) is 0 Å². The fourth-order valence-corrected chi connectivity index (χ4v) is 2.98. The van der Waals surface area contributed by atoms with Crippen molar-refractivity contribution in [3.05, 3.63) is 36.7 Å². The highest BCUT2D eigenvalue weighted by molar-refractivity contribution is 5.62. The minimum Gasteiger partial charge on any atom is -0.378 e. The van der Waals surface area contributed by atoms with E-state index in [2.05, 4.69) is 56.3 Å². The molecule has 1 N–H and O–H groups in total. The fraction of sp³-hybridized carbons (Fsp3) is 0.444. The highest BCUT2D eigenvalue weighted by atomic mass is 15.2. The van der Waals surface area contributed by atoms with Gasteiger partial charge in [-0.05, 0) is 43.0 Å². The van der Waals surface area contributed by atoms with E-state index in [1.165, 1.54) is 18.5 Å². The molecule has 1 unspecified atom stereocenters. The molecule has 1 aliphatic rings. The van der Waals surface area contributed by atoms with Gasteiger partial charge < -0.3 is 15.1 Å². The number of rotatable bonds is 4. The van der Waals surface area contributed by atoms with Crippen LogP contribution in [0.25, 0.3) is 0 Å². The maximum atomic E-state index is 4.44. The third-order valence-corrected chi connectivity index (χ3v) is 4.29. The largest absolute Gasteiger partial charge is 0.378 e. The maximum Gasteiger partial charge on any atom is 0.135 e. The number of anilines is 4. The number of benzene rings is 1. The van der Waals surface area contributed by atoms with Gasteiger partial charge in [0.05, 0.1) is 0 Å². The van der Waals surface area contributed by atoms with E-state index in [-0.39, 0.29) is 0 Å². The van der Waals surface area contributed by atoms with Crippen molar-refractivity contribution in [2.45, 2.75) is 19.8 Å². The van der Waals surface area contributed by atoms with E-state index in [9.17, 15) is 0 Å². The Morgan fingerprint density at radius 3 is 2.65 bits per heavy atom. The summed E-state index contributed by atoms with van der Waals surface area (Å²) < 4.78 is 0. The first-order chi connectivity index (χ1) is 11.1. The van der Waals surface area contributed by atoms with Gasteiger partial charge in [-0.2, -0.15) is 0 Å². The molecule has 0 radical (unpaired) electrons. The van der Waals surface area contributed by atoms with Gasteiger partial charge in [0.25, 0.3) is 0 Å². The summed E-state index contributed by atoms with van der Waals surface area (Å²) in [6.07, 6.45) is 4.19. The Morgan fingerprint density at radius 1 is 1.17 bits per heavy atom. The van der Waals surface area contributed by atoms with E-state index in [1.54, 1.807) is 6.33 Å². The van der Waals surface area contributed by atoms with Crippen LogP contribution < -0.4 is 15.1 Å². The van der Waals surface area contributed by atoms with Crippen LogP contribution in [-0.4, -0.2) is 37.2 Å². The standard InChI is InChI=1S/C18H25N5/c1-14-5-4-10-23(12-14)18-11-17(19-13-20-18)21-15-6-8-16(9-7-15)22(2)3/h6-9,11,13-14H,4-5,10,12H2,1-3H3,(H,19,20,21). The molecule has 1 fully saturated rings. The quantitative estimate of drug-likeness (QED) is 0.936. The van der Waals surface area contributed by atoms with Crippen LogP contribution in [0.2, 0.25) is 0 Å². The van der Waals surface area contributed by atoms with Crippen LogP contribution in [0.1, 0.15) is 19.8 Å². The summed E-state index contributed by atoms with van der Waals surface area (Å²) in [4.78, 5) is 13.2. The fourth-order valence-electron chi connectivity index (χ4n) is 2.98. The number of hydrogen-bond acceptors (Lipinski definition) is 5. The zero-order chi connectivity index (χ0) is 16.2. The first kappa shape index (κ1) is 15.6. The predicted octanol–water partition coefficient (Wildman–Crippen LogP) is 3.52. The molecule has 122 valence electrons. The normalized spacial score (nSPS) is 17.9. The van der Waals surface area contributed by atoms with Crippen molar-refractivity contribution in [2.75, 3.05) is 42.3 Å². The van der Waals surface area contributed by atoms with Gasteiger partial charge in [-0.3, -0.25) is 0 Å². The third-order valence-electron chi connectivity index (χ3n) is 4.29. The van der Waals surface area contributed by atoms with E-state index >= 15 is 0 Å². The van der Waals surface area contributed by atoms with Crippen molar-refractivity contribution in [1.29, 1.82) is 0 Å². The summed E-state index contributed by atoms with van der Waals surface area (Å²) in [5.41, 5.74) is 2.22. The summed E-state index contributed by atoms with van der Waals surface area (Å²) in [7, 11) is 4.08. The molecule has 1 atom stereocenters. The van der Waals surface area contributed by atoms with Gasteiger partial charge in [0.15, 0.2) is 0 Å². The number of piperidine rings is 1. The molecule has 2 aromatic rings. The maximum absolute atomic E-state index is 4.44.